The smallest absolute Gasteiger partial charge is 0.295 e. The number of ketones is 1. The van der Waals surface area contributed by atoms with Gasteiger partial charge in [-0.2, -0.15) is 0 Å². The lowest BCUT2D eigenvalue weighted by atomic mass is 9.95. The number of likely N-dealkylation sites (tertiary alicyclic amines) is 1. The third kappa shape index (κ3) is 3.55. The summed E-state index contributed by atoms with van der Waals surface area (Å²) in [5.41, 5.74) is 2.88. The number of aliphatic hydroxyl groups is 1. The molecule has 2 N–H and O–H groups in total. The predicted octanol–water partition coefficient (Wildman–Crippen LogP) is 3.72. The number of aromatic nitrogens is 1. The topological polar surface area (TPSA) is 90.7 Å². The lowest BCUT2D eigenvalue weighted by Crippen LogP contribution is -2.29. The van der Waals surface area contributed by atoms with Crippen LogP contribution in [0.25, 0.3) is 5.76 Å². The number of Topliss-reactive ketones (excluding diaryl/α,β-unsaturated/α-hetero) is 1. The Hall–Kier alpha value is -3.93. The van der Waals surface area contributed by atoms with Gasteiger partial charge in [-0.3, -0.25) is 14.6 Å². The first kappa shape index (κ1) is 19.4. The van der Waals surface area contributed by atoms with Gasteiger partial charge in [-0.15, -0.1) is 0 Å². The number of rotatable bonds is 4. The molecule has 3 aromatic rings. The standard InChI is InChI=1S/C24H20N2O4/c1-15-4-6-18(7-5-15)22(28)20-21(17-8-10-19(27)11-9-17)26(24(30)23(20)29)14-16-3-2-12-25-13-16/h2-13,21,27-28H,14H2,1H3/t21-/m1/s1. The number of carbonyl (C=O) groups excluding carboxylic acids is 2. The first-order valence-corrected chi connectivity index (χ1v) is 9.49. The van der Waals surface area contributed by atoms with Crippen molar-refractivity contribution in [1.29, 1.82) is 0 Å². The molecule has 150 valence electrons. The molecule has 2 aromatic carbocycles. The number of amides is 1. The Bertz CT molecular complexity index is 1120. The van der Waals surface area contributed by atoms with Gasteiger partial charge in [0.25, 0.3) is 11.7 Å². The van der Waals surface area contributed by atoms with Gasteiger partial charge in [0.1, 0.15) is 11.5 Å². The van der Waals surface area contributed by atoms with E-state index in [1.807, 2.05) is 25.1 Å². The largest absolute Gasteiger partial charge is 0.508 e. The molecule has 1 fully saturated rings. The second kappa shape index (κ2) is 7.83. The maximum absolute atomic E-state index is 13.0. The molecule has 0 saturated carbocycles. The highest BCUT2D eigenvalue weighted by molar-refractivity contribution is 6.46. The molecule has 0 radical (unpaired) electrons. The van der Waals surface area contributed by atoms with Crippen LogP contribution in [0.2, 0.25) is 0 Å². The van der Waals surface area contributed by atoms with Crippen LogP contribution in [-0.4, -0.2) is 31.8 Å². The zero-order chi connectivity index (χ0) is 21.3. The monoisotopic (exact) mass is 400 g/mol. The molecule has 0 bridgehead atoms. The fourth-order valence-corrected chi connectivity index (χ4v) is 3.60. The average Bonchev–Trinajstić information content (AvgIpc) is 3.00. The number of benzene rings is 2. The summed E-state index contributed by atoms with van der Waals surface area (Å²) in [6, 6.07) is 16.2. The van der Waals surface area contributed by atoms with Gasteiger partial charge < -0.3 is 15.1 Å². The number of aliphatic hydroxyl groups excluding tert-OH is 1. The molecule has 1 aromatic heterocycles. The van der Waals surface area contributed by atoms with Crippen LogP contribution in [0.1, 0.15) is 28.3 Å². The van der Waals surface area contributed by atoms with Crippen molar-refractivity contribution in [2.75, 3.05) is 0 Å². The minimum Gasteiger partial charge on any atom is -0.508 e. The molecule has 6 heteroatoms. The number of aromatic hydroxyl groups is 1. The van der Waals surface area contributed by atoms with Crippen LogP contribution in [0.15, 0.2) is 78.6 Å². The lowest BCUT2D eigenvalue weighted by molar-refractivity contribution is -0.140. The van der Waals surface area contributed by atoms with Gasteiger partial charge in [-0.1, -0.05) is 48.0 Å². The Kier molecular flexibility index (Phi) is 5.06. The van der Waals surface area contributed by atoms with Crippen molar-refractivity contribution in [3.63, 3.8) is 0 Å². The lowest BCUT2D eigenvalue weighted by Gasteiger charge is -2.25. The second-order valence-corrected chi connectivity index (χ2v) is 7.25. The molecule has 0 unspecified atom stereocenters. The minimum atomic E-state index is -0.785. The molecule has 0 spiro atoms. The Morgan fingerprint density at radius 1 is 1.03 bits per heavy atom. The van der Waals surface area contributed by atoms with Crippen molar-refractivity contribution in [3.8, 4) is 5.75 Å². The van der Waals surface area contributed by atoms with Crippen molar-refractivity contribution in [2.45, 2.75) is 19.5 Å². The van der Waals surface area contributed by atoms with Crippen molar-refractivity contribution in [1.82, 2.24) is 9.88 Å². The fraction of sp³-hybridized carbons (Fsp3) is 0.125. The highest BCUT2D eigenvalue weighted by Gasteiger charge is 2.46. The predicted molar refractivity (Wildman–Crippen MR) is 111 cm³/mol. The van der Waals surface area contributed by atoms with E-state index in [1.165, 1.54) is 17.0 Å². The molecule has 1 aliphatic rings. The number of phenolic OH excluding ortho intramolecular Hbond substituents is 1. The third-order valence-electron chi connectivity index (χ3n) is 5.15. The van der Waals surface area contributed by atoms with E-state index in [9.17, 15) is 19.8 Å². The number of phenols is 1. The van der Waals surface area contributed by atoms with E-state index in [-0.39, 0.29) is 23.6 Å². The van der Waals surface area contributed by atoms with E-state index in [0.29, 0.717) is 11.1 Å². The van der Waals surface area contributed by atoms with Crippen molar-refractivity contribution in [2.24, 2.45) is 0 Å². The normalized spacial score (nSPS) is 18.0. The van der Waals surface area contributed by atoms with Crippen LogP contribution in [0.4, 0.5) is 0 Å². The number of carbonyl (C=O) groups is 2. The number of nitrogens with zero attached hydrogens (tertiary/aromatic N) is 2. The number of pyridine rings is 1. The maximum atomic E-state index is 13.0. The Balaban J connectivity index is 1.85. The first-order chi connectivity index (χ1) is 14.5. The number of hydrogen-bond donors (Lipinski definition) is 2. The summed E-state index contributed by atoms with van der Waals surface area (Å²) in [7, 11) is 0. The molecule has 1 saturated heterocycles. The summed E-state index contributed by atoms with van der Waals surface area (Å²) >= 11 is 0. The van der Waals surface area contributed by atoms with Crippen molar-refractivity contribution >= 4 is 17.4 Å². The van der Waals surface area contributed by atoms with Crippen LogP contribution in [0, 0.1) is 6.92 Å². The summed E-state index contributed by atoms with van der Waals surface area (Å²) in [6.07, 6.45) is 3.26. The molecule has 4 rings (SSSR count). The minimum absolute atomic E-state index is 0.0263. The van der Waals surface area contributed by atoms with E-state index in [1.54, 1.807) is 42.7 Å². The molecule has 6 nitrogen and oxygen atoms in total. The summed E-state index contributed by atoms with van der Waals surface area (Å²) in [6.45, 7) is 2.09. The van der Waals surface area contributed by atoms with Gasteiger partial charge in [0.15, 0.2) is 0 Å². The summed E-state index contributed by atoms with van der Waals surface area (Å²) in [5.74, 6) is -1.58. The highest BCUT2D eigenvalue weighted by atomic mass is 16.3. The van der Waals surface area contributed by atoms with E-state index in [2.05, 4.69) is 4.98 Å². The van der Waals surface area contributed by atoms with E-state index in [4.69, 9.17) is 0 Å². The molecule has 0 aliphatic carbocycles. The summed E-state index contributed by atoms with van der Waals surface area (Å²) in [4.78, 5) is 31.4. The first-order valence-electron chi connectivity index (χ1n) is 9.49. The van der Waals surface area contributed by atoms with Gasteiger partial charge in [0, 0.05) is 24.5 Å². The third-order valence-corrected chi connectivity index (χ3v) is 5.15. The molecular weight excluding hydrogens is 380 g/mol. The fourth-order valence-electron chi connectivity index (χ4n) is 3.60. The molecule has 2 heterocycles. The van der Waals surface area contributed by atoms with Gasteiger partial charge in [-0.25, -0.2) is 0 Å². The quantitative estimate of drug-likeness (QED) is 0.396. The average molecular weight is 400 g/mol. The van der Waals surface area contributed by atoms with Gasteiger partial charge in [0.05, 0.1) is 11.6 Å². The summed E-state index contributed by atoms with van der Waals surface area (Å²) < 4.78 is 0. The molecular formula is C24H20N2O4. The second-order valence-electron chi connectivity index (χ2n) is 7.25. The Labute approximate surface area is 173 Å². The van der Waals surface area contributed by atoms with Crippen LogP contribution >= 0.6 is 0 Å². The highest BCUT2D eigenvalue weighted by Crippen LogP contribution is 2.40. The number of aryl methyl sites for hydroxylation is 1. The maximum Gasteiger partial charge on any atom is 0.295 e. The van der Waals surface area contributed by atoms with E-state index >= 15 is 0 Å². The number of hydrogen-bond acceptors (Lipinski definition) is 5. The van der Waals surface area contributed by atoms with Crippen molar-refractivity contribution in [3.05, 3.63) is 101 Å². The molecule has 1 atom stereocenters. The van der Waals surface area contributed by atoms with Crippen LogP contribution in [0.5, 0.6) is 5.75 Å². The molecule has 30 heavy (non-hydrogen) atoms. The zero-order valence-corrected chi connectivity index (χ0v) is 16.3. The zero-order valence-electron chi connectivity index (χ0n) is 16.3. The van der Waals surface area contributed by atoms with Crippen LogP contribution in [-0.2, 0) is 16.1 Å². The van der Waals surface area contributed by atoms with Gasteiger partial charge in [0.2, 0.25) is 0 Å². The Morgan fingerprint density at radius 2 is 1.73 bits per heavy atom. The van der Waals surface area contributed by atoms with Crippen molar-refractivity contribution < 1.29 is 19.8 Å². The molecule has 1 aliphatic heterocycles. The summed E-state index contributed by atoms with van der Waals surface area (Å²) in [5, 5.41) is 20.7. The van der Waals surface area contributed by atoms with Gasteiger partial charge in [-0.05, 0) is 36.2 Å². The Morgan fingerprint density at radius 3 is 2.37 bits per heavy atom. The SMILES string of the molecule is Cc1ccc(C(O)=C2C(=O)C(=O)N(Cc3cccnc3)[C@@H]2c2ccc(O)cc2)cc1. The van der Waals surface area contributed by atoms with Crippen LogP contribution < -0.4 is 0 Å². The van der Waals surface area contributed by atoms with Gasteiger partial charge >= 0.3 is 0 Å². The van der Waals surface area contributed by atoms with E-state index in [0.717, 1.165) is 11.1 Å². The molecule has 1 amide bonds. The van der Waals surface area contributed by atoms with E-state index < -0.39 is 17.7 Å². The van der Waals surface area contributed by atoms with Crippen LogP contribution in [0.3, 0.4) is 0 Å².